The first kappa shape index (κ1) is 13.9. The molecule has 0 spiro atoms. The van der Waals surface area contributed by atoms with Crippen LogP contribution in [0.2, 0.25) is 0 Å². The highest BCUT2D eigenvalue weighted by atomic mass is 32.2. The lowest BCUT2D eigenvalue weighted by Gasteiger charge is -2.23. The molecule has 2 atom stereocenters. The largest absolute Gasteiger partial charge is 0.468 e. The lowest BCUT2D eigenvalue weighted by Crippen LogP contribution is -2.45. The van der Waals surface area contributed by atoms with E-state index in [0.717, 1.165) is 4.31 Å². The molecule has 2 unspecified atom stereocenters. The summed E-state index contributed by atoms with van der Waals surface area (Å²) >= 11 is 0. The Kier molecular flexibility index (Phi) is 4.48. The van der Waals surface area contributed by atoms with Crippen LogP contribution in [-0.2, 0) is 19.6 Å². The Morgan fingerprint density at radius 1 is 1.65 bits per heavy atom. The van der Waals surface area contributed by atoms with Gasteiger partial charge in [0.05, 0.1) is 13.2 Å². The lowest BCUT2D eigenvalue weighted by molar-refractivity contribution is -0.144. The zero-order chi connectivity index (χ0) is 13.1. The van der Waals surface area contributed by atoms with Gasteiger partial charge in [0.15, 0.2) is 5.25 Å². The van der Waals surface area contributed by atoms with Gasteiger partial charge in [-0.3, -0.25) is 4.79 Å². The molecule has 1 aliphatic heterocycles. The van der Waals surface area contributed by atoms with Gasteiger partial charge in [-0.2, -0.15) is 9.57 Å². The van der Waals surface area contributed by atoms with Crippen molar-refractivity contribution in [2.75, 3.05) is 13.7 Å². The molecular weight excluding hydrogens is 244 g/mol. The number of hydrogen-bond acceptors (Lipinski definition) is 5. The van der Waals surface area contributed by atoms with Crippen molar-refractivity contribution in [2.24, 2.45) is 0 Å². The number of nitrogens with zero attached hydrogens (tertiary/aromatic N) is 2. The van der Waals surface area contributed by atoms with Crippen LogP contribution in [0.1, 0.15) is 26.2 Å². The summed E-state index contributed by atoms with van der Waals surface area (Å²) in [5.74, 6) is -0.557. The average molecular weight is 260 g/mol. The Bertz CT molecular complexity index is 426. The average Bonchev–Trinajstić information content (AvgIpc) is 2.78. The third-order valence-corrected chi connectivity index (χ3v) is 5.13. The highest BCUT2D eigenvalue weighted by Crippen LogP contribution is 2.25. The van der Waals surface area contributed by atoms with Gasteiger partial charge in [-0.25, -0.2) is 8.42 Å². The van der Waals surface area contributed by atoms with Crippen LogP contribution in [0.3, 0.4) is 0 Å². The number of hydrogen-bond donors (Lipinski definition) is 0. The van der Waals surface area contributed by atoms with Crippen LogP contribution >= 0.6 is 0 Å². The van der Waals surface area contributed by atoms with E-state index in [4.69, 9.17) is 5.26 Å². The van der Waals surface area contributed by atoms with Crippen molar-refractivity contribution in [2.45, 2.75) is 37.5 Å². The molecule has 0 N–H and O–H groups in total. The van der Waals surface area contributed by atoms with Crippen LogP contribution in [0.15, 0.2) is 0 Å². The van der Waals surface area contributed by atoms with Gasteiger partial charge in [0.2, 0.25) is 10.0 Å². The van der Waals surface area contributed by atoms with Gasteiger partial charge in [0, 0.05) is 6.54 Å². The molecule has 6 nitrogen and oxygen atoms in total. The Hall–Kier alpha value is -1.13. The van der Waals surface area contributed by atoms with Crippen molar-refractivity contribution in [3.05, 3.63) is 0 Å². The molecular formula is C10H16N2O4S. The molecule has 1 aliphatic rings. The zero-order valence-corrected chi connectivity index (χ0v) is 10.7. The highest BCUT2D eigenvalue weighted by molar-refractivity contribution is 7.90. The molecule has 0 saturated carbocycles. The first-order valence-electron chi connectivity index (χ1n) is 5.47. The van der Waals surface area contributed by atoms with E-state index in [9.17, 15) is 13.2 Å². The number of ether oxygens (including phenoxy) is 1. The van der Waals surface area contributed by atoms with E-state index in [-0.39, 0.29) is 13.0 Å². The predicted octanol–water partition coefficient (Wildman–Crippen LogP) is 0.256. The fourth-order valence-electron chi connectivity index (χ4n) is 1.95. The SMILES string of the molecule is CCC(C#N)S(=O)(=O)N1CCCC1C(=O)OC. The highest BCUT2D eigenvalue weighted by Gasteiger charge is 2.42. The molecule has 0 aromatic heterocycles. The molecule has 0 aliphatic carbocycles. The molecule has 1 saturated heterocycles. The molecule has 0 aromatic rings. The third-order valence-electron chi connectivity index (χ3n) is 2.88. The predicted molar refractivity (Wildman–Crippen MR) is 60.4 cm³/mol. The number of rotatable bonds is 4. The summed E-state index contributed by atoms with van der Waals surface area (Å²) in [4.78, 5) is 11.5. The van der Waals surface area contributed by atoms with Gasteiger partial charge in [0.1, 0.15) is 6.04 Å². The first-order chi connectivity index (χ1) is 7.98. The van der Waals surface area contributed by atoms with E-state index in [0.29, 0.717) is 12.8 Å². The zero-order valence-electron chi connectivity index (χ0n) is 9.92. The number of carbonyl (C=O) groups excluding carboxylic acids is 1. The molecule has 7 heteroatoms. The van der Waals surface area contributed by atoms with Crippen LogP contribution in [0.25, 0.3) is 0 Å². The number of esters is 1. The topological polar surface area (TPSA) is 87.5 Å². The van der Waals surface area contributed by atoms with Crippen molar-refractivity contribution < 1.29 is 17.9 Å². The van der Waals surface area contributed by atoms with Crippen molar-refractivity contribution in [1.82, 2.24) is 4.31 Å². The molecule has 1 heterocycles. The summed E-state index contributed by atoms with van der Waals surface area (Å²) in [6.07, 6.45) is 1.28. The van der Waals surface area contributed by atoms with Crippen molar-refractivity contribution in [3.8, 4) is 6.07 Å². The molecule has 17 heavy (non-hydrogen) atoms. The standard InChI is InChI=1S/C10H16N2O4S/c1-3-8(7-11)17(14,15)12-6-4-5-9(12)10(13)16-2/h8-9H,3-6H2,1-2H3. The molecule has 0 amide bonds. The van der Waals surface area contributed by atoms with E-state index in [1.165, 1.54) is 7.11 Å². The Labute approximate surface area is 101 Å². The molecule has 0 radical (unpaired) electrons. The molecule has 0 aromatic carbocycles. The summed E-state index contributed by atoms with van der Waals surface area (Å²) in [6.45, 7) is 1.91. The summed E-state index contributed by atoms with van der Waals surface area (Å²) in [6, 6.07) is 0.994. The van der Waals surface area contributed by atoms with E-state index in [1.807, 2.05) is 0 Å². The second-order valence-electron chi connectivity index (χ2n) is 3.86. The van der Waals surface area contributed by atoms with Gasteiger partial charge < -0.3 is 4.74 Å². The first-order valence-corrected chi connectivity index (χ1v) is 6.97. The fourth-order valence-corrected chi connectivity index (χ4v) is 3.76. The maximum absolute atomic E-state index is 12.1. The van der Waals surface area contributed by atoms with Gasteiger partial charge in [-0.15, -0.1) is 0 Å². The number of nitriles is 1. The Balaban J connectivity index is 2.99. The monoisotopic (exact) mass is 260 g/mol. The maximum atomic E-state index is 12.1. The number of carbonyl (C=O) groups is 1. The fraction of sp³-hybridized carbons (Fsp3) is 0.800. The minimum absolute atomic E-state index is 0.212. The minimum atomic E-state index is -3.73. The molecule has 1 rings (SSSR count). The third kappa shape index (κ3) is 2.58. The van der Waals surface area contributed by atoms with Crippen molar-refractivity contribution >= 4 is 16.0 Å². The van der Waals surface area contributed by atoms with E-state index < -0.39 is 27.3 Å². The van der Waals surface area contributed by atoms with Crippen molar-refractivity contribution in [3.63, 3.8) is 0 Å². The van der Waals surface area contributed by atoms with Crippen LogP contribution in [0.5, 0.6) is 0 Å². The molecule has 96 valence electrons. The van der Waals surface area contributed by atoms with Gasteiger partial charge in [-0.1, -0.05) is 6.92 Å². The number of sulfonamides is 1. The summed E-state index contributed by atoms with van der Waals surface area (Å²) in [5.41, 5.74) is 0. The van der Waals surface area contributed by atoms with Gasteiger partial charge >= 0.3 is 5.97 Å². The van der Waals surface area contributed by atoms with E-state index in [1.54, 1.807) is 13.0 Å². The smallest absolute Gasteiger partial charge is 0.324 e. The second-order valence-corrected chi connectivity index (χ2v) is 5.93. The van der Waals surface area contributed by atoms with E-state index >= 15 is 0 Å². The summed E-state index contributed by atoms with van der Waals surface area (Å²) in [7, 11) is -2.50. The van der Waals surface area contributed by atoms with Crippen LogP contribution in [0, 0.1) is 11.3 Å². The summed E-state index contributed by atoms with van der Waals surface area (Å²) < 4.78 is 29.9. The Morgan fingerprint density at radius 2 is 2.29 bits per heavy atom. The lowest BCUT2D eigenvalue weighted by atomic mass is 10.2. The van der Waals surface area contributed by atoms with Crippen LogP contribution < -0.4 is 0 Å². The van der Waals surface area contributed by atoms with Gasteiger partial charge in [0.25, 0.3) is 0 Å². The second kappa shape index (κ2) is 5.47. The van der Waals surface area contributed by atoms with Crippen LogP contribution in [-0.4, -0.2) is 43.6 Å². The van der Waals surface area contributed by atoms with Crippen LogP contribution in [0.4, 0.5) is 0 Å². The maximum Gasteiger partial charge on any atom is 0.324 e. The molecule has 0 bridgehead atoms. The molecule has 1 fully saturated rings. The number of methoxy groups -OCH3 is 1. The van der Waals surface area contributed by atoms with E-state index in [2.05, 4.69) is 4.74 Å². The van der Waals surface area contributed by atoms with Crippen molar-refractivity contribution in [1.29, 1.82) is 5.26 Å². The normalized spacial score (nSPS) is 23.0. The quantitative estimate of drug-likeness (QED) is 0.676. The Morgan fingerprint density at radius 3 is 2.76 bits per heavy atom. The minimum Gasteiger partial charge on any atom is -0.468 e. The van der Waals surface area contributed by atoms with Gasteiger partial charge in [-0.05, 0) is 19.3 Å². The summed E-state index contributed by atoms with van der Waals surface area (Å²) in [5, 5.41) is 7.74.